The van der Waals surface area contributed by atoms with Gasteiger partial charge in [-0.05, 0) is 74.5 Å². The van der Waals surface area contributed by atoms with Crippen molar-refractivity contribution in [3.63, 3.8) is 0 Å². The molecule has 0 aliphatic carbocycles. The lowest BCUT2D eigenvalue weighted by molar-refractivity contribution is 0.0224. The Hall–Kier alpha value is -5.03. The van der Waals surface area contributed by atoms with Crippen LogP contribution in [0.1, 0.15) is 39.5 Å². The van der Waals surface area contributed by atoms with E-state index in [1.807, 2.05) is 67.7 Å². The van der Waals surface area contributed by atoms with Crippen molar-refractivity contribution in [1.29, 1.82) is 0 Å². The SMILES string of the molecule is CCN(c1ccc(C)cc1)c1ccc2c(c1)Oc1ccc(N(C)c3ccccc3)cc1[C@]21OC(=O)c2ccccc21. The Kier molecular flexibility index (Phi) is 5.82. The van der Waals surface area contributed by atoms with E-state index in [0.29, 0.717) is 17.1 Å². The molecule has 2 aliphatic heterocycles. The summed E-state index contributed by atoms with van der Waals surface area (Å²) < 4.78 is 13.0. The van der Waals surface area contributed by atoms with Crippen LogP contribution in [0.2, 0.25) is 0 Å². The topological polar surface area (TPSA) is 42.0 Å². The van der Waals surface area contributed by atoms with E-state index in [2.05, 4.69) is 78.2 Å². The smallest absolute Gasteiger partial charge is 0.340 e. The number of aryl methyl sites for hydroxylation is 1. The summed E-state index contributed by atoms with van der Waals surface area (Å²) in [5, 5.41) is 0. The van der Waals surface area contributed by atoms with E-state index in [1.165, 1.54) is 5.56 Å². The van der Waals surface area contributed by atoms with Crippen LogP contribution in [0.25, 0.3) is 0 Å². The van der Waals surface area contributed by atoms with Gasteiger partial charge in [0.15, 0.2) is 5.60 Å². The van der Waals surface area contributed by atoms with Gasteiger partial charge in [0.1, 0.15) is 11.5 Å². The fourth-order valence-electron chi connectivity index (χ4n) is 6.07. The summed E-state index contributed by atoms with van der Waals surface area (Å²) >= 11 is 0. The number of hydrogen-bond acceptors (Lipinski definition) is 5. The minimum Gasteiger partial charge on any atom is -0.456 e. The molecule has 0 N–H and O–H groups in total. The Morgan fingerprint density at radius 2 is 1.37 bits per heavy atom. The van der Waals surface area contributed by atoms with Crippen molar-refractivity contribution in [2.45, 2.75) is 19.4 Å². The third kappa shape index (κ3) is 3.88. The van der Waals surface area contributed by atoms with E-state index in [0.717, 1.165) is 46.0 Å². The zero-order chi connectivity index (χ0) is 28.1. The molecule has 0 unspecified atom stereocenters. The second-order valence-corrected chi connectivity index (χ2v) is 10.6. The van der Waals surface area contributed by atoms with E-state index in [9.17, 15) is 4.79 Å². The fraction of sp³-hybridized carbons (Fsp3) is 0.139. The van der Waals surface area contributed by atoms with Crippen LogP contribution in [0, 0.1) is 6.92 Å². The van der Waals surface area contributed by atoms with Crippen molar-refractivity contribution in [3.05, 3.63) is 143 Å². The monoisotopic (exact) mass is 538 g/mol. The molecule has 1 atom stereocenters. The number of carbonyl (C=O) groups is 1. The van der Waals surface area contributed by atoms with Gasteiger partial charge in [0, 0.05) is 59.1 Å². The highest BCUT2D eigenvalue weighted by Gasteiger charge is 2.53. The summed E-state index contributed by atoms with van der Waals surface area (Å²) in [5.74, 6) is 1.01. The highest BCUT2D eigenvalue weighted by Crippen LogP contribution is 2.57. The zero-order valence-electron chi connectivity index (χ0n) is 23.3. The van der Waals surface area contributed by atoms with Gasteiger partial charge in [-0.3, -0.25) is 0 Å². The molecule has 0 radical (unpaired) electrons. The second-order valence-electron chi connectivity index (χ2n) is 10.6. The van der Waals surface area contributed by atoms with Gasteiger partial charge in [0.05, 0.1) is 5.56 Å². The van der Waals surface area contributed by atoms with Gasteiger partial charge in [-0.2, -0.15) is 0 Å². The van der Waals surface area contributed by atoms with Gasteiger partial charge in [0.2, 0.25) is 0 Å². The quantitative estimate of drug-likeness (QED) is 0.210. The Morgan fingerprint density at radius 3 is 2.15 bits per heavy atom. The fourth-order valence-corrected chi connectivity index (χ4v) is 6.07. The average molecular weight is 539 g/mol. The summed E-state index contributed by atoms with van der Waals surface area (Å²) in [6.07, 6.45) is 0. The van der Waals surface area contributed by atoms with Crippen LogP contribution in [0.3, 0.4) is 0 Å². The highest BCUT2D eigenvalue weighted by atomic mass is 16.6. The predicted octanol–water partition coefficient (Wildman–Crippen LogP) is 8.49. The lowest BCUT2D eigenvalue weighted by Gasteiger charge is -2.38. The van der Waals surface area contributed by atoms with Crippen LogP contribution in [-0.2, 0) is 10.3 Å². The molecule has 5 aromatic rings. The summed E-state index contributed by atoms with van der Waals surface area (Å²) in [6.45, 7) is 5.01. The molecule has 202 valence electrons. The zero-order valence-corrected chi connectivity index (χ0v) is 23.3. The van der Waals surface area contributed by atoms with E-state index in [-0.39, 0.29) is 5.97 Å². The Balaban J connectivity index is 1.40. The largest absolute Gasteiger partial charge is 0.456 e. The molecule has 5 nitrogen and oxygen atoms in total. The minimum absolute atomic E-state index is 0.333. The predicted molar refractivity (Wildman–Crippen MR) is 163 cm³/mol. The lowest BCUT2D eigenvalue weighted by Crippen LogP contribution is -2.33. The number of carbonyl (C=O) groups excluding carboxylic acids is 1. The van der Waals surface area contributed by atoms with E-state index < -0.39 is 5.60 Å². The molecule has 2 aliphatic rings. The third-order valence-electron chi connectivity index (χ3n) is 8.18. The Morgan fingerprint density at radius 1 is 0.659 bits per heavy atom. The number of esters is 1. The Bertz CT molecular complexity index is 1780. The van der Waals surface area contributed by atoms with Gasteiger partial charge < -0.3 is 19.3 Å². The number of benzene rings is 5. The number of anilines is 4. The standard InChI is InChI=1S/C36H30N2O3/c1-4-38(26-16-14-24(2)15-17-26)28-18-20-31-34(23-28)40-33-21-19-27(37(3)25-10-6-5-7-11-25)22-32(33)36(31)30-13-9-8-12-29(30)35(39)41-36/h5-23H,4H2,1-3H3/t36-/m1/s1. The molecule has 0 aromatic heterocycles. The molecule has 5 aromatic carbocycles. The maximum Gasteiger partial charge on any atom is 0.340 e. The second kappa shape index (κ2) is 9.56. The normalized spacial score (nSPS) is 16.3. The van der Waals surface area contributed by atoms with Crippen molar-refractivity contribution in [3.8, 4) is 11.5 Å². The minimum atomic E-state index is -1.12. The molecule has 1 spiro atoms. The molecule has 0 saturated heterocycles. The van der Waals surface area contributed by atoms with E-state index >= 15 is 0 Å². The molecule has 7 rings (SSSR count). The van der Waals surface area contributed by atoms with Crippen LogP contribution >= 0.6 is 0 Å². The number of rotatable bonds is 5. The van der Waals surface area contributed by atoms with E-state index in [4.69, 9.17) is 9.47 Å². The summed E-state index contributed by atoms with van der Waals surface area (Å²) in [7, 11) is 2.03. The van der Waals surface area contributed by atoms with Crippen LogP contribution in [0.15, 0.2) is 115 Å². The highest BCUT2D eigenvalue weighted by molar-refractivity contribution is 5.97. The molecular formula is C36H30N2O3. The number of nitrogens with zero attached hydrogens (tertiary/aromatic N) is 2. The first-order chi connectivity index (χ1) is 20.0. The molecule has 0 amide bonds. The maximum absolute atomic E-state index is 13.4. The van der Waals surface area contributed by atoms with E-state index in [1.54, 1.807) is 0 Å². The first-order valence-electron chi connectivity index (χ1n) is 13.9. The summed E-state index contributed by atoms with van der Waals surface area (Å²) in [6, 6.07) is 38.7. The van der Waals surface area contributed by atoms with Crippen LogP contribution in [-0.4, -0.2) is 19.6 Å². The number of ether oxygens (including phenoxy) is 2. The van der Waals surface area contributed by atoms with Gasteiger partial charge >= 0.3 is 5.97 Å². The van der Waals surface area contributed by atoms with Gasteiger partial charge in [-0.25, -0.2) is 4.79 Å². The van der Waals surface area contributed by atoms with Crippen molar-refractivity contribution >= 4 is 28.7 Å². The molecular weight excluding hydrogens is 508 g/mol. The first kappa shape index (κ1) is 25.0. The molecule has 41 heavy (non-hydrogen) atoms. The lowest BCUT2D eigenvalue weighted by atomic mass is 9.77. The van der Waals surface area contributed by atoms with Crippen molar-refractivity contribution in [1.82, 2.24) is 0 Å². The summed E-state index contributed by atoms with van der Waals surface area (Å²) in [5.41, 5.74) is 7.26. The Labute approximate surface area is 240 Å². The van der Waals surface area contributed by atoms with Crippen LogP contribution in [0.4, 0.5) is 22.7 Å². The molecule has 0 fully saturated rings. The van der Waals surface area contributed by atoms with Gasteiger partial charge in [-0.1, -0.05) is 54.1 Å². The number of para-hydroxylation sites is 1. The van der Waals surface area contributed by atoms with Crippen molar-refractivity contribution < 1.29 is 14.3 Å². The molecule has 5 heteroatoms. The maximum atomic E-state index is 13.4. The third-order valence-corrected chi connectivity index (χ3v) is 8.18. The summed E-state index contributed by atoms with van der Waals surface area (Å²) in [4.78, 5) is 17.7. The number of fused-ring (bicyclic) bond motifs is 6. The number of hydrogen-bond donors (Lipinski definition) is 0. The molecule has 0 saturated carbocycles. The molecule has 0 bridgehead atoms. The van der Waals surface area contributed by atoms with Crippen molar-refractivity contribution in [2.24, 2.45) is 0 Å². The van der Waals surface area contributed by atoms with Gasteiger partial charge in [-0.15, -0.1) is 0 Å². The van der Waals surface area contributed by atoms with Gasteiger partial charge in [0.25, 0.3) is 0 Å². The van der Waals surface area contributed by atoms with Crippen LogP contribution < -0.4 is 14.5 Å². The van der Waals surface area contributed by atoms with Crippen LogP contribution in [0.5, 0.6) is 11.5 Å². The molecule has 2 heterocycles. The van der Waals surface area contributed by atoms with Crippen molar-refractivity contribution in [2.75, 3.05) is 23.4 Å². The first-order valence-corrected chi connectivity index (χ1v) is 13.9. The average Bonchev–Trinajstić information content (AvgIpc) is 3.31.